The average molecular weight is 316 g/mol. The molecule has 1 fully saturated rings. The maximum atomic E-state index is 12.8. The third-order valence-corrected chi connectivity index (χ3v) is 5.59. The third kappa shape index (κ3) is 4.87. The summed E-state index contributed by atoms with van der Waals surface area (Å²) < 4.78 is 12.8. The average Bonchev–Trinajstić information content (AvgIpc) is 2.49. The molecule has 0 N–H and O–H groups in total. The molecule has 1 aromatic carbocycles. The van der Waals surface area contributed by atoms with Crippen molar-refractivity contribution in [2.24, 2.45) is 0 Å². The number of rotatable bonds is 6. The van der Waals surface area contributed by atoms with Crippen LogP contribution in [0.25, 0.3) is 0 Å². The second kappa shape index (κ2) is 9.54. The summed E-state index contributed by atoms with van der Waals surface area (Å²) in [6.07, 6.45) is 7.24. The molecule has 1 aliphatic rings. The minimum Gasteiger partial charge on any atom is -0.289 e. The van der Waals surface area contributed by atoms with Crippen LogP contribution >= 0.6 is 12.4 Å². The lowest BCUT2D eigenvalue weighted by Gasteiger charge is -2.34. The fourth-order valence-electron chi connectivity index (χ4n) is 2.72. The van der Waals surface area contributed by atoms with E-state index in [0.717, 1.165) is 24.4 Å². The Morgan fingerprint density at radius 3 is 2.40 bits per heavy atom. The van der Waals surface area contributed by atoms with Crippen LogP contribution in [0.15, 0.2) is 35.2 Å². The second-order valence-electron chi connectivity index (χ2n) is 5.30. The summed E-state index contributed by atoms with van der Waals surface area (Å²) in [5, 5.41) is 0.211. The number of nitrogens with zero attached hydrogens (tertiary/aromatic N) is 1. The molecule has 4 heteroatoms. The Bertz CT molecular complexity index is 393. The summed E-state index contributed by atoms with van der Waals surface area (Å²) in [6.45, 7) is 4.44. The van der Waals surface area contributed by atoms with Crippen LogP contribution in [-0.4, -0.2) is 27.6 Å². The van der Waals surface area contributed by atoms with Gasteiger partial charge in [-0.15, -0.1) is 12.4 Å². The zero-order valence-corrected chi connectivity index (χ0v) is 13.9. The van der Waals surface area contributed by atoms with E-state index in [-0.39, 0.29) is 17.8 Å². The van der Waals surface area contributed by atoms with Gasteiger partial charge in [-0.1, -0.05) is 44.4 Å². The van der Waals surface area contributed by atoms with Crippen LogP contribution in [0.2, 0.25) is 0 Å². The van der Waals surface area contributed by atoms with Gasteiger partial charge in [0.2, 0.25) is 0 Å². The molecule has 0 radical (unpaired) electrons. The predicted molar refractivity (Wildman–Crippen MR) is 88.8 cm³/mol. The molecule has 1 aromatic rings. The Hall–Kier alpha value is -0.380. The van der Waals surface area contributed by atoms with Crippen molar-refractivity contribution in [3.8, 4) is 0 Å². The van der Waals surface area contributed by atoms with Gasteiger partial charge in [0.25, 0.3) is 0 Å². The second-order valence-corrected chi connectivity index (χ2v) is 6.91. The number of hydrogen-bond acceptors (Lipinski definition) is 2. The van der Waals surface area contributed by atoms with Crippen LogP contribution in [-0.2, 0) is 10.8 Å². The zero-order valence-electron chi connectivity index (χ0n) is 12.3. The molecule has 0 aromatic heterocycles. The summed E-state index contributed by atoms with van der Waals surface area (Å²) in [5.41, 5.74) is 0. The van der Waals surface area contributed by atoms with Gasteiger partial charge in [0.15, 0.2) is 0 Å². The molecule has 0 saturated carbocycles. The SMILES string of the molecule is CCCCC(N1CCCCC1)S(=O)c1ccccc1.Cl. The van der Waals surface area contributed by atoms with Crippen LogP contribution in [0.4, 0.5) is 0 Å². The van der Waals surface area contributed by atoms with E-state index in [1.165, 1.54) is 32.1 Å². The lowest BCUT2D eigenvalue weighted by Crippen LogP contribution is -2.41. The van der Waals surface area contributed by atoms with Crippen molar-refractivity contribution in [1.29, 1.82) is 0 Å². The monoisotopic (exact) mass is 315 g/mol. The summed E-state index contributed by atoms with van der Waals surface area (Å²) in [6, 6.07) is 9.96. The molecule has 2 atom stereocenters. The highest BCUT2D eigenvalue weighted by atomic mass is 35.5. The van der Waals surface area contributed by atoms with Gasteiger partial charge >= 0.3 is 0 Å². The van der Waals surface area contributed by atoms with Gasteiger partial charge in [0.05, 0.1) is 16.2 Å². The van der Waals surface area contributed by atoms with Gasteiger partial charge in [0.1, 0.15) is 0 Å². The van der Waals surface area contributed by atoms with Gasteiger partial charge in [-0.25, -0.2) is 0 Å². The van der Waals surface area contributed by atoms with E-state index < -0.39 is 10.8 Å². The van der Waals surface area contributed by atoms with Crippen LogP contribution in [0.5, 0.6) is 0 Å². The van der Waals surface area contributed by atoms with Crippen molar-refractivity contribution in [3.63, 3.8) is 0 Å². The van der Waals surface area contributed by atoms with Crippen LogP contribution < -0.4 is 0 Å². The van der Waals surface area contributed by atoms with Gasteiger partial charge < -0.3 is 0 Å². The minimum absolute atomic E-state index is 0. The largest absolute Gasteiger partial charge is 0.289 e. The van der Waals surface area contributed by atoms with E-state index >= 15 is 0 Å². The zero-order chi connectivity index (χ0) is 13.5. The number of piperidine rings is 1. The fraction of sp³-hybridized carbons (Fsp3) is 0.625. The molecule has 0 bridgehead atoms. The number of unbranched alkanes of at least 4 members (excludes halogenated alkanes) is 1. The number of halogens is 1. The van der Waals surface area contributed by atoms with E-state index in [1.807, 2.05) is 30.3 Å². The van der Waals surface area contributed by atoms with E-state index in [2.05, 4.69) is 11.8 Å². The summed E-state index contributed by atoms with van der Waals surface area (Å²) in [4.78, 5) is 3.44. The minimum atomic E-state index is -0.894. The van der Waals surface area contributed by atoms with E-state index in [4.69, 9.17) is 0 Å². The first-order chi connectivity index (χ1) is 9.33. The lowest BCUT2D eigenvalue weighted by atomic mass is 10.1. The van der Waals surface area contributed by atoms with Gasteiger partial charge in [-0.3, -0.25) is 9.11 Å². The van der Waals surface area contributed by atoms with Crippen molar-refractivity contribution < 1.29 is 4.21 Å². The number of benzene rings is 1. The quantitative estimate of drug-likeness (QED) is 0.783. The summed E-state index contributed by atoms with van der Waals surface area (Å²) in [5.74, 6) is 0. The summed E-state index contributed by atoms with van der Waals surface area (Å²) >= 11 is 0. The molecule has 114 valence electrons. The fourth-order valence-corrected chi connectivity index (χ4v) is 4.32. The van der Waals surface area contributed by atoms with Crippen LogP contribution in [0.1, 0.15) is 45.4 Å². The van der Waals surface area contributed by atoms with Crippen molar-refractivity contribution in [2.75, 3.05) is 13.1 Å². The lowest BCUT2D eigenvalue weighted by molar-refractivity contribution is 0.201. The smallest absolute Gasteiger partial charge is 0.0907 e. The number of likely N-dealkylation sites (tertiary alicyclic amines) is 1. The number of hydrogen-bond donors (Lipinski definition) is 0. The third-order valence-electron chi connectivity index (χ3n) is 3.83. The molecular formula is C16H26ClNOS. The highest BCUT2D eigenvalue weighted by Crippen LogP contribution is 2.22. The Morgan fingerprint density at radius 2 is 1.80 bits per heavy atom. The molecule has 1 aliphatic heterocycles. The Morgan fingerprint density at radius 1 is 1.15 bits per heavy atom. The van der Waals surface area contributed by atoms with Gasteiger partial charge in [-0.2, -0.15) is 0 Å². The van der Waals surface area contributed by atoms with Crippen molar-refractivity contribution >= 4 is 23.2 Å². The standard InChI is InChI=1S/C16H25NOS.ClH/c1-2-3-12-16(17-13-8-5-9-14-17)19(18)15-10-6-4-7-11-15;/h4,6-7,10-11,16H,2-3,5,8-9,12-14H2,1H3;1H. The normalized spacial score (nSPS) is 19.1. The first-order valence-corrected chi connectivity index (χ1v) is 8.74. The van der Waals surface area contributed by atoms with Gasteiger partial charge in [0, 0.05) is 4.90 Å². The molecule has 1 saturated heterocycles. The first kappa shape index (κ1) is 17.7. The highest BCUT2D eigenvalue weighted by Gasteiger charge is 2.26. The molecule has 20 heavy (non-hydrogen) atoms. The Balaban J connectivity index is 0.00000200. The van der Waals surface area contributed by atoms with Crippen molar-refractivity contribution in [2.45, 2.75) is 55.7 Å². The Kier molecular flexibility index (Phi) is 8.43. The predicted octanol–water partition coefficient (Wildman–Crippen LogP) is 4.22. The van der Waals surface area contributed by atoms with Crippen LogP contribution in [0, 0.1) is 0 Å². The van der Waals surface area contributed by atoms with E-state index in [1.54, 1.807) is 0 Å². The van der Waals surface area contributed by atoms with E-state index in [0.29, 0.717) is 0 Å². The Labute approximate surface area is 131 Å². The highest BCUT2D eigenvalue weighted by molar-refractivity contribution is 7.85. The maximum absolute atomic E-state index is 12.8. The van der Waals surface area contributed by atoms with Crippen LogP contribution in [0.3, 0.4) is 0 Å². The topological polar surface area (TPSA) is 20.3 Å². The van der Waals surface area contributed by atoms with Crippen molar-refractivity contribution in [3.05, 3.63) is 30.3 Å². The first-order valence-electron chi connectivity index (χ1n) is 7.52. The van der Waals surface area contributed by atoms with E-state index in [9.17, 15) is 4.21 Å². The molecule has 2 nitrogen and oxygen atoms in total. The molecule has 1 heterocycles. The maximum Gasteiger partial charge on any atom is 0.0907 e. The molecule has 0 spiro atoms. The van der Waals surface area contributed by atoms with Gasteiger partial charge in [-0.05, 0) is 44.5 Å². The summed E-state index contributed by atoms with van der Waals surface area (Å²) in [7, 11) is -0.894. The molecular weight excluding hydrogens is 290 g/mol. The molecule has 0 aliphatic carbocycles. The molecule has 2 unspecified atom stereocenters. The van der Waals surface area contributed by atoms with Crippen molar-refractivity contribution in [1.82, 2.24) is 4.90 Å². The molecule has 0 amide bonds. The molecule has 2 rings (SSSR count).